The maximum Gasteiger partial charge on any atom is 0.336 e. The molecule has 1 fully saturated rings. The van der Waals surface area contributed by atoms with Crippen LogP contribution in [0.15, 0.2) is 12.1 Å². The first-order valence-corrected chi connectivity index (χ1v) is 11.4. The first kappa shape index (κ1) is 20.9. The SMILES string of the molecule is CCc1c2c3c(cc(C(C)=O)cc3n1NC(=O)N(CC)CC)[C@H]1CCCN(C)[C@@H]1C2. The molecule has 4 rings (SSSR count). The van der Waals surface area contributed by atoms with Gasteiger partial charge in [-0.05, 0) is 83.3 Å². The van der Waals surface area contributed by atoms with E-state index in [1.165, 1.54) is 22.9 Å². The summed E-state index contributed by atoms with van der Waals surface area (Å²) in [6.45, 7) is 10.2. The Morgan fingerprint density at radius 2 is 1.93 bits per heavy atom. The van der Waals surface area contributed by atoms with Gasteiger partial charge in [-0.3, -0.25) is 9.47 Å². The van der Waals surface area contributed by atoms with Gasteiger partial charge in [0.05, 0.1) is 5.52 Å². The molecule has 2 aromatic rings. The number of likely N-dealkylation sites (N-methyl/N-ethyl adjacent to an activating group) is 1. The summed E-state index contributed by atoms with van der Waals surface area (Å²) in [7, 11) is 2.22. The van der Waals surface area contributed by atoms with Crippen LogP contribution in [0, 0.1) is 0 Å². The third kappa shape index (κ3) is 3.22. The molecule has 6 heteroatoms. The van der Waals surface area contributed by atoms with E-state index >= 15 is 0 Å². The van der Waals surface area contributed by atoms with Crippen molar-refractivity contribution >= 4 is 22.7 Å². The minimum absolute atomic E-state index is 0.0712. The molecule has 1 saturated heterocycles. The molecule has 1 aromatic heterocycles. The number of nitrogens with one attached hydrogen (secondary N) is 1. The summed E-state index contributed by atoms with van der Waals surface area (Å²) >= 11 is 0. The zero-order valence-electron chi connectivity index (χ0n) is 18.9. The van der Waals surface area contributed by atoms with Gasteiger partial charge in [0.15, 0.2) is 5.78 Å². The highest BCUT2D eigenvalue weighted by Crippen LogP contribution is 2.45. The van der Waals surface area contributed by atoms with Gasteiger partial charge in [0.2, 0.25) is 0 Å². The number of Topliss-reactive ketones (excluding diaryl/α,β-unsaturated/α-hetero) is 1. The normalized spacial score (nSPS) is 20.8. The summed E-state index contributed by atoms with van der Waals surface area (Å²) in [5.74, 6) is 0.513. The number of carbonyl (C=O) groups is 2. The molecule has 2 amide bonds. The highest BCUT2D eigenvalue weighted by atomic mass is 16.2. The summed E-state index contributed by atoms with van der Waals surface area (Å²) in [6.07, 6.45) is 4.17. The van der Waals surface area contributed by atoms with Gasteiger partial charge in [-0.2, -0.15) is 0 Å². The lowest BCUT2D eigenvalue weighted by atomic mass is 9.74. The largest absolute Gasteiger partial charge is 0.336 e. The fourth-order valence-electron chi connectivity index (χ4n) is 5.57. The molecule has 30 heavy (non-hydrogen) atoms. The van der Waals surface area contributed by atoms with Crippen LogP contribution in [-0.4, -0.2) is 59.0 Å². The Balaban J connectivity index is 1.94. The highest BCUT2D eigenvalue weighted by Gasteiger charge is 2.38. The van der Waals surface area contributed by atoms with Gasteiger partial charge >= 0.3 is 6.03 Å². The number of amides is 2. The van der Waals surface area contributed by atoms with E-state index in [0.717, 1.165) is 42.6 Å². The van der Waals surface area contributed by atoms with Gasteiger partial charge in [0.25, 0.3) is 0 Å². The molecule has 162 valence electrons. The Morgan fingerprint density at radius 1 is 1.20 bits per heavy atom. The number of aromatic nitrogens is 1. The van der Waals surface area contributed by atoms with Gasteiger partial charge in [-0.1, -0.05) is 6.92 Å². The zero-order valence-corrected chi connectivity index (χ0v) is 18.9. The molecular formula is C24H34N4O2. The molecule has 1 aromatic carbocycles. The van der Waals surface area contributed by atoms with Crippen LogP contribution in [-0.2, 0) is 12.8 Å². The molecule has 1 N–H and O–H groups in total. The average Bonchev–Trinajstić information content (AvgIpc) is 3.02. The van der Waals surface area contributed by atoms with Crippen LogP contribution in [0.25, 0.3) is 10.9 Å². The molecule has 2 atom stereocenters. The number of nitrogens with zero attached hydrogens (tertiary/aromatic N) is 3. The third-order valence-electron chi connectivity index (χ3n) is 7.18. The van der Waals surface area contributed by atoms with E-state index in [1.54, 1.807) is 11.8 Å². The number of carbonyl (C=O) groups excluding carboxylic acids is 2. The molecule has 6 nitrogen and oxygen atoms in total. The number of urea groups is 1. The third-order valence-corrected chi connectivity index (χ3v) is 7.18. The lowest BCUT2D eigenvalue weighted by molar-refractivity contribution is 0.101. The Bertz CT molecular complexity index is 989. The summed E-state index contributed by atoms with van der Waals surface area (Å²) in [5, 5.41) is 1.26. The number of fused-ring (bicyclic) bond motifs is 2. The quantitative estimate of drug-likeness (QED) is 0.754. The fraction of sp³-hybridized carbons (Fsp3) is 0.583. The maximum atomic E-state index is 12.9. The van der Waals surface area contributed by atoms with E-state index in [1.807, 2.05) is 24.6 Å². The summed E-state index contributed by atoms with van der Waals surface area (Å²) in [4.78, 5) is 29.6. The second-order valence-electron chi connectivity index (χ2n) is 8.72. The highest BCUT2D eigenvalue weighted by molar-refractivity contribution is 6.01. The van der Waals surface area contributed by atoms with Crippen molar-refractivity contribution in [2.24, 2.45) is 0 Å². The lowest BCUT2D eigenvalue weighted by Gasteiger charge is -2.42. The van der Waals surface area contributed by atoms with Gasteiger partial charge in [0, 0.05) is 41.7 Å². The summed E-state index contributed by atoms with van der Waals surface area (Å²) in [5.41, 5.74) is 8.65. The van der Waals surface area contributed by atoms with Crippen LogP contribution >= 0.6 is 0 Å². The van der Waals surface area contributed by atoms with Crippen LogP contribution in [0.2, 0.25) is 0 Å². The number of likely N-dealkylation sites (tertiary alicyclic amines) is 1. The Hall–Kier alpha value is -2.34. The standard InChI is InChI=1S/C24H34N4O2/c1-6-20-19-14-21-17(10-9-11-26(21)5)18-12-16(15(4)29)13-22(23(18)19)28(20)25-24(30)27(7-2)8-3/h12-13,17,21H,6-11,14H2,1-5H3,(H,25,30)/t17-,21-/m1/s1. The molecule has 2 aliphatic rings. The van der Waals surface area contributed by atoms with E-state index in [4.69, 9.17) is 0 Å². The second kappa shape index (κ2) is 8.06. The van der Waals surface area contributed by atoms with Crippen molar-refractivity contribution in [3.63, 3.8) is 0 Å². The molecule has 0 radical (unpaired) electrons. The first-order chi connectivity index (χ1) is 14.4. The van der Waals surface area contributed by atoms with Crippen LogP contribution in [0.4, 0.5) is 4.79 Å². The van der Waals surface area contributed by atoms with E-state index in [2.05, 4.69) is 30.4 Å². The zero-order chi connectivity index (χ0) is 21.6. The smallest absolute Gasteiger partial charge is 0.324 e. The maximum absolute atomic E-state index is 12.9. The average molecular weight is 411 g/mol. The molecule has 0 unspecified atom stereocenters. The van der Waals surface area contributed by atoms with E-state index in [-0.39, 0.29) is 11.8 Å². The van der Waals surface area contributed by atoms with Crippen molar-refractivity contribution in [2.45, 2.75) is 65.3 Å². The van der Waals surface area contributed by atoms with Crippen LogP contribution < -0.4 is 5.43 Å². The number of hydrogen-bond acceptors (Lipinski definition) is 3. The second-order valence-corrected chi connectivity index (χ2v) is 8.72. The van der Waals surface area contributed by atoms with Crippen LogP contribution in [0.3, 0.4) is 0 Å². The molecular weight excluding hydrogens is 376 g/mol. The van der Waals surface area contributed by atoms with Crippen molar-refractivity contribution in [2.75, 3.05) is 32.1 Å². The number of rotatable bonds is 5. The topological polar surface area (TPSA) is 57.6 Å². The molecule has 0 bridgehead atoms. The van der Waals surface area contributed by atoms with Gasteiger partial charge in [-0.15, -0.1) is 0 Å². The molecule has 0 spiro atoms. The van der Waals surface area contributed by atoms with E-state index in [9.17, 15) is 9.59 Å². The number of benzene rings is 1. The minimum atomic E-state index is -0.0956. The van der Waals surface area contributed by atoms with Gasteiger partial charge < -0.3 is 9.80 Å². The predicted molar refractivity (Wildman–Crippen MR) is 121 cm³/mol. The first-order valence-electron chi connectivity index (χ1n) is 11.4. The van der Waals surface area contributed by atoms with Gasteiger partial charge in [0.1, 0.15) is 0 Å². The lowest BCUT2D eigenvalue weighted by Crippen LogP contribution is -2.44. The minimum Gasteiger partial charge on any atom is -0.324 e. The fourth-order valence-corrected chi connectivity index (χ4v) is 5.57. The molecule has 1 aliphatic heterocycles. The van der Waals surface area contributed by atoms with Crippen LogP contribution in [0.1, 0.15) is 73.6 Å². The van der Waals surface area contributed by atoms with Crippen LogP contribution in [0.5, 0.6) is 0 Å². The van der Waals surface area contributed by atoms with E-state index < -0.39 is 0 Å². The number of ketones is 1. The van der Waals surface area contributed by atoms with Crippen molar-refractivity contribution < 1.29 is 9.59 Å². The monoisotopic (exact) mass is 410 g/mol. The Kier molecular flexibility index (Phi) is 5.62. The molecule has 1 aliphatic carbocycles. The summed E-state index contributed by atoms with van der Waals surface area (Å²) in [6, 6.07) is 4.46. The van der Waals surface area contributed by atoms with E-state index in [0.29, 0.717) is 25.0 Å². The van der Waals surface area contributed by atoms with Crippen molar-refractivity contribution in [3.8, 4) is 0 Å². The molecule has 0 saturated carbocycles. The molecule has 2 heterocycles. The van der Waals surface area contributed by atoms with Gasteiger partial charge in [-0.25, -0.2) is 10.2 Å². The Morgan fingerprint density at radius 3 is 2.57 bits per heavy atom. The van der Waals surface area contributed by atoms with Crippen molar-refractivity contribution in [1.29, 1.82) is 0 Å². The van der Waals surface area contributed by atoms with Crippen molar-refractivity contribution in [1.82, 2.24) is 14.5 Å². The number of piperidine rings is 1. The Labute approximate surface area is 179 Å². The predicted octanol–water partition coefficient (Wildman–Crippen LogP) is 4.15. The number of hydrogen-bond donors (Lipinski definition) is 1. The van der Waals surface area contributed by atoms with Crippen molar-refractivity contribution in [3.05, 3.63) is 34.5 Å². The summed E-state index contributed by atoms with van der Waals surface area (Å²) < 4.78 is 1.97.